The molecule has 19 heavy (non-hydrogen) atoms. The number of rotatable bonds is 5. The molecule has 1 aromatic carbocycles. The third-order valence-corrected chi connectivity index (χ3v) is 4.95. The van der Waals surface area contributed by atoms with Gasteiger partial charge in [0.1, 0.15) is 5.82 Å². The molecule has 0 saturated heterocycles. The molecule has 0 amide bonds. The summed E-state index contributed by atoms with van der Waals surface area (Å²) in [5.41, 5.74) is 3.88. The number of hydrogen-bond acceptors (Lipinski definition) is 3. The number of halogens is 2. The van der Waals surface area contributed by atoms with Crippen LogP contribution in [0.2, 0.25) is 0 Å². The summed E-state index contributed by atoms with van der Waals surface area (Å²) in [6.45, 7) is 2.14. The van der Waals surface area contributed by atoms with E-state index in [4.69, 9.17) is 5.84 Å². The summed E-state index contributed by atoms with van der Waals surface area (Å²) in [5.74, 6) is 5.40. The van der Waals surface area contributed by atoms with E-state index in [1.165, 1.54) is 15.8 Å². The minimum Gasteiger partial charge on any atom is -0.271 e. The van der Waals surface area contributed by atoms with Gasteiger partial charge < -0.3 is 0 Å². The van der Waals surface area contributed by atoms with Crippen molar-refractivity contribution in [3.63, 3.8) is 0 Å². The van der Waals surface area contributed by atoms with Crippen LogP contribution in [0.4, 0.5) is 4.39 Å². The molecule has 2 nitrogen and oxygen atoms in total. The fraction of sp³-hybridized carbons (Fsp3) is 0.286. The Bertz CT molecular complexity index is 556. The maximum atomic E-state index is 13.2. The van der Waals surface area contributed by atoms with E-state index in [9.17, 15) is 4.39 Å². The highest BCUT2D eigenvalue weighted by atomic mass is 79.9. The van der Waals surface area contributed by atoms with Crippen molar-refractivity contribution in [1.82, 2.24) is 5.43 Å². The first-order valence-corrected chi connectivity index (χ1v) is 7.73. The lowest BCUT2D eigenvalue weighted by Crippen LogP contribution is -2.28. The van der Waals surface area contributed by atoms with Crippen LogP contribution in [0.3, 0.4) is 0 Å². The van der Waals surface area contributed by atoms with Gasteiger partial charge in [-0.1, -0.05) is 13.0 Å². The van der Waals surface area contributed by atoms with Crippen LogP contribution in [0.25, 0.3) is 0 Å². The van der Waals surface area contributed by atoms with Crippen molar-refractivity contribution in [3.05, 3.63) is 55.9 Å². The lowest BCUT2D eigenvalue weighted by molar-refractivity contribution is 0.559. The van der Waals surface area contributed by atoms with Gasteiger partial charge in [0.15, 0.2) is 0 Å². The number of benzene rings is 1. The van der Waals surface area contributed by atoms with Gasteiger partial charge in [-0.3, -0.25) is 11.3 Å². The van der Waals surface area contributed by atoms with E-state index >= 15 is 0 Å². The Hall–Kier alpha value is -0.750. The summed E-state index contributed by atoms with van der Waals surface area (Å²) in [7, 11) is 0. The lowest BCUT2D eigenvalue weighted by atomic mass is 10.1. The number of hydrazine groups is 1. The first-order valence-electron chi connectivity index (χ1n) is 6.12. The van der Waals surface area contributed by atoms with Gasteiger partial charge in [-0.25, -0.2) is 4.39 Å². The van der Waals surface area contributed by atoms with E-state index in [-0.39, 0.29) is 11.9 Å². The van der Waals surface area contributed by atoms with E-state index in [0.717, 1.165) is 18.4 Å². The SMILES string of the molecule is CCc1ccc(C(Cc2ccc(F)c(Br)c2)NN)s1. The molecule has 0 saturated carbocycles. The van der Waals surface area contributed by atoms with Crippen molar-refractivity contribution in [3.8, 4) is 0 Å². The molecule has 5 heteroatoms. The first-order chi connectivity index (χ1) is 9.13. The molecule has 1 aromatic heterocycles. The van der Waals surface area contributed by atoms with Gasteiger partial charge in [-0.05, 0) is 58.6 Å². The van der Waals surface area contributed by atoms with Crippen molar-refractivity contribution in [2.45, 2.75) is 25.8 Å². The quantitative estimate of drug-likeness (QED) is 0.637. The lowest BCUT2D eigenvalue weighted by Gasteiger charge is -2.14. The Kier molecular flexibility index (Phi) is 5.10. The van der Waals surface area contributed by atoms with Crippen LogP contribution in [-0.2, 0) is 12.8 Å². The molecule has 0 aliphatic rings. The van der Waals surface area contributed by atoms with Gasteiger partial charge in [-0.2, -0.15) is 0 Å². The minimum atomic E-state index is -0.245. The van der Waals surface area contributed by atoms with Crippen molar-refractivity contribution < 1.29 is 4.39 Å². The second-order valence-corrected chi connectivity index (χ2v) is 6.38. The van der Waals surface area contributed by atoms with Gasteiger partial charge >= 0.3 is 0 Å². The smallest absolute Gasteiger partial charge is 0.137 e. The van der Waals surface area contributed by atoms with Crippen molar-refractivity contribution >= 4 is 27.3 Å². The number of nitrogens with one attached hydrogen (secondary N) is 1. The van der Waals surface area contributed by atoms with Crippen LogP contribution in [0.5, 0.6) is 0 Å². The zero-order valence-electron chi connectivity index (χ0n) is 10.6. The molecule has 0 aliphatic heterocycles. The maximum absolute atomic E-state index is 13.2. The number of nitrogens with two attached hydrogens (primary N) is 1. The van der Waals surface area contributed by atoms with E-state index in [1.807, 2.05) is 0 Å². The molecule has 0 radical (unpaired) electrons. The largest absolute Gasteiger partial charge is 0.271 e. The molecule has 0 spiro atoms. The van der Waals surface area contributed by atoms with Crippen LogP contribution in [0.15, 0.2) is 34.8 Å². The predicted molar refractivity (Wildman–Crippen MR) is 81.6 cm³/mol. The highest BCUT2D eigenvalue weighted by Gasteiger charge is 2.13. The summed E-state index contributed by atoms with van der Waals surface area (Å²) in [5, 5.41) is 0. The van der Waals surface area contributed by atoms with Crippen LogP contribution >= 0.6 is 27.3 Å². The third-order valence-electron chi connectivity index (χ3n) is 3.00. The van der Waals surface area contributed by atoms with Crippen molar-refractivity contribution in [2.75, 3.05) is 0 Å². The summed E-state index contributed by atoms with van der Waals surface area (Å²) < 4.78 is 13.7. The predicted octanol–water partition coefficient (Wildman–Crippen LogP) is 3.96. The number of thiophene rings is 1. The van der Waals surface area contributed by atoms with Crippen LogP contribution in [-0.4, -0.2) is 0 Å². The minimum absolute atomic E-state index is 0.0580. The van der Waals surface area contributed by atoms with Crippen LogP contribution in [0.1, 0.15) is 28.3 Å². The fourth-order valence-corrected chi connectivity index (χ4v) is 3.35. The molecular weight excluding hydrogens is 327 g/mol. The molecule has 1 unspecified atom stereocenters. The molecule has 0 fully saturated rings. The van der Waals surface area contributed by atoms with Crippen molar-refractivity contribution in [1.29, 1.82) is 0 Å². The van der Waals surface area contributed by atoms with Crippen molar-refractivity contribution in [2.24, 2.45) is 5.84 Å². The van der Waals surface area contributed by atoms with E-state index in [0.29, 0.717) is 4.47 Å². The summed E-state index contributed by atoms with van der Waals surface area (Å²) in [6.07, 6.45) is 1.77. The number of hydrogen-bond donors (Lipinski definition) is 2. The van der Waals surface area contributed by atoms with Gasteiger partial charge in [0, 0.05) is 9.75 Å². The topological polar surface area (TPSA) is 38.0 Å². The average Bonchev–Trinajstić information content (AvgIpc) is 2.88. The van der Waals surface area contributed by atoms with Gasteiger partial charge in [0.05, 0.1) is 10.5 Å². The molecule has 102 valence electrons. The van der Waals surface area contributed by atoms with E-state index < -0.39 is 0 Å². The zero-order valence-corrected chi connectivity index (χ0v) is 13.0. The second-order valence-electron chi connectivity index (χ2n) is 4.33. The summed E-state index contributed by atoms with van der Waals surface area (Å²) >= 11 is 4.97. The molecule has 1 atom stereocenters. The molecule has 1 heterocycles. The van der Waals surface area contributed by atoms with Gasteiger partial charge in [0.2, 0.25) is 0 Å². The average molecular weight is 343 g/mol. The summed E-state index contributed by atoms with van der Waals surface area (Å²) in [6, 6.07) is 9.35. The monoisotopic (exact) mass is 342 g/mol. The zero-order chi connectivity index (χ0) is 13.8. The normalized spacial score (nSPS) is 12.6. The molecule has 0 bridgehead atoms. The Labute approximate surface area is 124 Å². The standard InChI is InChI=1S/C14H16BrFN2S/c1-2-10-4-6-14(19-10)13(18-17)8-9-3-5-12(16)11(15)7-9/h3-7,13,18H,2,8,17H2,1H3. The van der Waals surface area contributed by atoms with E-state index in [1.54, 1.807) is 23.5 Å². The van der Waals surface area contributed by atoms with Gasteiger partial charge in [0.25, 0.3) is 0 Å². The highest BCUT2D eigenvalue weighted by molar-refractivity contribution is 9.10. The number of aryl methyl sites for hydroxylation is 1. The van der Waals surface area contributed by atoms with Crippen LogP contribution < -0.4 is 11.3 Å². The molecule has 2 aromatic rings. The van der Waals surface area contributed by atoms with E-state index in [2.05, 4.69) is 40.4 Å². The Morgan fingerprint density at radius 3 is 2.74 bits per heavy atom. The summed E-state index contributed by atoms with van der Waals surface area (Å²) in [4.78, 5) is 2.55. The molecule has 0 aliphatic carbocycles. The maximum Gasteiger partial charge on any atom is 0.137 e. The first kappa shape index (κ1) is 14.7. The second kappa shape index (κ2) is 6.61. The molecular formula is C14H16BrFN2S. The third kappa shape index (κ3) is 3.63. The van der Waals surface area contributed by atoms with Crippen LogP contribution in [0, 0.1) is 5.82 Å². The highest BCUT2D eigenvalue weighted by Crippen LogP contribution is 2.27. The fourth-order valence-electron chi connectivity index (χ4n) is 1.92. The Balaban J connectivity index is 2.16. The molecule has 2 rings (SSSR count). The Morgan fingerprint density at radius 1 is 1.37 bits per heavy atom. The Morgan fingerprint density at radius 2 is 2.16 bits per heavy atom. The molecule has 3 N–H and O–H groups in total. The van der Waals surface area contributed by atoms with Gasteiger partial charge in [-0.15, -0.1) is 11.3 Å².